The predicted octanol–water partition coefficient (Wildman–Crippen LogP) is 5.94. The van der Waals surface area contributed by atoms with Crippen molar-refractivity contribution >= 4 is 39.9 Å². The molecule has 0 aromatic heterocycles. The number of halogens is 1. The van der Waals surface area contributed by atoms with Crippen LogP contribution < -0.4 is 20.1 Å². The number of hydrogen-bond donors (Lipinski definition) is 2. The molecule has 0 radical (unpaired) electrons. The average Bonchev–Trinajstić information content (AvgIpc) is 2.73. The Balaban J connectivity index is 1.68. The molecule has 0 bridgehead atoms. The smallest absolute Gasteiger partial charge is 0.262 e. The molecule has 0 aliphatic heterocycles. The topological polar surface area (TPSA) is 59.6 Å². The molecule has 0 saturated carbocycles. The van der Waals surface area contributed by atoms with Gasteiger partial charge in [-0.15, -0.1) is 0 Å². The van der Waals surface area contributed by atoms with E-state index in [0.717, 1.165) is 20.5 Å². The summed E-state index contributed by atoms with van der Waals surface area (Å²) in [4.78, 5) is 12.3. The molecule has 0 heterocycles. The normalized spacial score (nSPS) is 10.5. The summed E-state index contributed by atoms with van der Waals surface area (Å²) in [6, 6.07) is 19.7. The van der Waals surface area contributed by atoms with Crippen molar-refractivity contribution in [1.29, 1.82) is 0 Å². The molecular formula is C25H27IN2O3. The van der Waals surface area contributed by atoms with E-state index < -0.39 is 0 Å². The Morgan fingerprint density at radius 3 is 2.48 bits per heavy atom. The van der Waals surface area contributed by atoms with Crippen LogP contribution in [0.1, 0.15) is 23.6 Å². The number of carbonyl (C=O) groups is 1. The van der Waals surface area contributed by atoms with Gasteiger partial charge in [-0.3, -0.25) is 4.79 Å². The minimum Gasteiger partial charge on any atom is -0.490 e. The molecule has 6 heteroatoms. The molecule has 3 aromatic rings. The number of hydrogen-bond acceptors (Lipinski definition) is 4. The first kappa shape index (κ1) is 22.9. The fraction of sp³-hybridized carbons (Fsp3) is 0.240. The van der Waals surface area contributed by atoms with Crippen LogP contribution in [-0.2, 0) is 11.3 Å². The molecule has 3 rings (SSSR count). The standard InChI is InChI=1S/C25H27IN2O3/c1-4-30-23-14-19(15-27-22-11-10-17(2)12-18(22)3)13-21(26)25(23)31-16-24(29)28-20-8-6-5-7-9-20/h5-14,27H,4,15-16H2,1-3H3,(H,28,29). The highest BCUT2D eigenvalue weighted by atomic mass is 127. The van der Waals surface area contributed by atoms with Crippen molar-refractivity contribution in [2.75, 3.05) is 23.8 Å². The maximum atomic E-state index is 12.3. The Labute approximate surface area is 197 Å². The summed E-state index contributed by atoms with van der Waals surface area (Å²) in [7, 11) is 0. The number of ether oxygens (including phenoxy) is 2. The molecule has 0 spiro atoms. The molecule has 2 N–H and O–H groups in total. The van der Waals surface area contributed by atoms with E-state index in [1.807, 2.05) is 49.4 Å². The van der Waals surface area contributed by atoms with E-state index in [-0.39, 0.29) is 12.5 Å². The predicted molar refractivity (Wildman–Crippen MR) is 134 cm³/mol. The monoisotopic (exact) mass is 530 g/mol. The molecule has 5 nitrogen and oxygen atoms in total. The third-order valence-corrected chi connectivity index (χ3v) is 5.44. The highest BCUT2D eigenvalue weighted by molar-refractivity contribution is 14.1. The second-order valence-corrected chi connectivity index (χ2v) is 8.37. The molecule has 1 amide bonds. The van der Waals surface area contributed by atoms with E-state index in [9.17, 15) is 4.79 Å². The van der Waals surface area contributed by atoms with Gasteiger partial charge in [-0.2, -0.15) is 0 Å². The Morgan fingerprint density at radius 2 is 1.77 bits per heavy atom. The number of para-hydroxylation sites is 1. The Morgan fingerprint density at radius 1 is 1.00 bits per heavy atom. The van der Waals surface area contributed by atoms with Gasteiger partial charge < -0.3 is 20.1 Å². The average molecular weight is 530 g/mol. The van der Waals surface area contributed by atoms with E-state index >= 15 is 0 Å². The van der Waals surface area contributed by atoms with Crippen molar-refractivity contribution in [3.63, 3.8) is 0 Å². The van der Waals surface area contributed by atoms with E-state index in [4.69, 9.17) is 9.47 Å². The number of anilines is 2. The zero-order chi connectivity index (χ0) is 22.2. The van der Waals surface area contributed by atoms with Crippen LogP contribution >= 0.6 is 22.6 Å². The van der Waals surface area contributed by atoms with Crippen LogP contribution in [0.2, 0.25) is 0 Å². The van der Waals surface area contributed by atoms with Crippen LogP contribution in [0.25, 0.3) is 0 Å². The van der Waals surface area contributed by atoms with Crippen LogP contribution in [0.5, 0.6) is 11.5 Å². The van der Waals surface area contributed by atoms with Gasteiger partial charge in [-0.05, 0) is 84.8 Å². The van der Waals surface area contributed by atoms with Gasteiger partial charge in [0, 0.05) is 17.9 Å². The van der Waals surface area contributed by atoms with Crippen molar-refractivity contribution in [2.45, 2.75) is 27.3 Å². The highest BCUT2D eigenvalue weighted by Crippen LogP contribution is 2.34. The first-order valence-electron chi connectivity index (χ1n) is 10.2. The van der Waals surface area contributed by atoms with Crippen LogP contribution in [-0.4, -0.2) is 19.1 Å². The Hall–Kier alpha value is -2.74. The zero-order valence-electron chi connectivity index (χ0n) is 18.0. The molecular weight excluding hydrogens is 503 g/mol. The summed E-state index contributed by atoms with van der Waals surface area (Å²) in [5.74, 6) is 1.00. The molecule has 3 aromatic carbocycles. The molecule has 0 aliphatic rings. The van der Waals surface area contributed by atoms with Gasteiger partial charge in [0.2, 0.25) is 0 Å². The summed E-state index contributed by atoms with van der Waals surface area (Å²) in [5, 5.41) is 6.31. The molecule has 31 heavy (non-hydrogen) atoms. The van der Waals surface area contributed by atoms with E-state index in [1.165, 1.54) is 11.1 Å². The number of aryl methyl sites for hydroxylation is 2. The van der Waals surface area contributed by atoms with E-state index in [0.29, 0.717) is 24.7 Å². The van der Waals surface area contributed by atoms with Crippen molar-refractivity contribution in [2.24, 2.45) is 0 Å². The third-order valence-electron chi connectivity index (χ3n) is 4.64. The van der Waals surface area contributed by atoms with Crippen molar-refractivity contribution in [1.82, 2.24) is 0 Å². The molecule has 0 fully saturated rings. The van der Waals surface area contributed by atoms with Gasteiger partial charge in [0.05, 0.1) is 10.2 Å². The van der Waals surface area contributed by atoms with Crippen molar-refractivity contribution < 1.29 is 14.3 Å². The molecule has 0 aliphatic carbocycles. The van der Waals surface area contributed by atoms with Gasteiger partial charge in [-0.25, -0.2) is 0 Å². The van der Waals surface area contributed by atoms with Gasteiger partial charge in [0.15, 0.2) is 18.1 Å². The van der Waals surface area contributed by atoms with Gasteiger partial charge in [0.25, 0.3) is 5.91 Å². The van der Waals surface area contributed by atoms with Crippen molar-refractivity contribution in [3.8, 4) is 11.5 Å². The fourth-order valence-electron chi connectivity index (χ4n) is 3.19. The fourth-order valence-corrected chi connectivity index (χ4v) is 4.01. The highest BCUT2D eigenvalue weighted by Gasteiger charge is 2.14. The molecule has 0 saturated heterocycles. The molecule has 0 unspecified atom stereocenters. The lowest BCUT2D eigenvalue weighted by atomic mass is 10.1. The Kier molecular flexibility index (Phi) is 8.17. The van der Waals surface area contributed by atoms with Gasteiger partial charge >= 0.3 is 0 Å². The largest absolute Gasteiger partial charge is 0.490 e. The maximum Gasteiger partial charge on any atom is 0.262 e. The quantitative estimate of drug-likeness (QED) is 0.337. The SMILES string of the molecule is CCOc1cc(CNc2ccc(C)cc2C)cc(I)c1OCC(=O)Nc1ccccc1. The first-order chi connectivity index (χ1) is 15.0. The third kappa shape index (κ3) is 6.62. The summed E-state index contributed by atoms with van der Waals surface area (Å²) >= 11 is 2.22. The number of carbonyl (C=O) groups excluding carboxylic acids is 1. The zero-order valence-corrected chi connectivity index (χ0v) is 20.2. The van der Waals surface area contributed by atoms with Crippen LogP contribution in [0.15, 0.2) is 60.7 Å². The molecule has 162 valence electrons. The number of nitrogens with one attached hydrogen (secondary N) is 2. The minimum atomic E-state index is -0.218. The lowest BCUT2D eigenvalue weighted by Gasteiger charge is -2.16. The van der Waals surface area contributed by atoms with E-state index in [2.05, 4.69) is 65.3 Å². The maximum absolute atomic E-state index is 12.3. The molecule has 0 atom stereocenters. The summed E-state index contributed by atoms with van der Waals surface area (Å²) in [6.45, 7) is 7.20. The first-order valence-corrected chi connectivity index (χ1v) is 11.3. The lowest BCUT2D eigenvalue weighted by Crippen LogP contribution is -2.20. The summed E-state index contributed by atoms with van der Waals surface area (Å²) < 4.78 is 12.5. The second-order valence-electron chi connectivity index (χ2n) is 7.21. The van der Waals surface area contributed by atoms with Crippen LogP contribution in [0, 0.1) is 17.4 Å². The lowest BCUT2D eigenvalue weighted by molar-refractivity contribution is -0.118. The van der Waals surface area contributed by atoms with E-state index in [1.54, 1.807) is 0 Å². The van der Waals surface area contributed by atoms with Gasteiger partial charge in [0.1, 0.15) is 0 Å². The van der Waals surface area contributed by atoms with Crippen LogP contribution in [0.4, 0.5) is 11.4 Å². The number of rotatable bonds is 9. The number of amides is 1. The van der Waals surface area contributed by atoms with Gasteiger partial charge in [-0.1, -0.05) is 35.9 Å². The summed E-state index contributed by atoms with van der Waals surface area (Å²) in [6.07, 6.45) is 0. The Bertz CT molecular complexity index is 1040. The van der Waals surface area contributed by atoms with Crippen LogP contribution in [0.3, 0.4) is 0 Å². The number of benzene rings is 3. The van der Waals surface area contributed by atoms with Crippen molar-refractivity contribution in [3.05, 3.63) is 80.9 Å². The second kappa shape index (κ2) is 11.0. The minimum absolute atomic E-state index is 0.0921. The summed E-state index contributed by atoms with van der Waals surface area (Å²) in [5.41, 5.74) is 5.38.